The van der Waals surface area contributed by atoms with E-state index in [0.29, 0.717) is 0 Å². The number of aliphatic carboxylic acids is 1. The maximum atomic E-state index is 13.0. The maximum absolute atomic E-state index is 13.0. The zero-order chi connectivity index (χ0) is 25.4. The quantitative estimate of drug-likeness (QED) is 0.254. The third kappa shape index (κ3) is 5.99. The van der Waals surface area contributed by atoms with E-state index >= 15 is 0 Å². The topological polar surface area (TPSA) is 133 Å². The highest BCUT2D eigenvalue weighted by atomic mass is 32.2. The molecule has 1 N–H and O–H groups in total. The second-order valence-corrected chi connectivity index (χ2v) is 9.44. The molecule has 1 atom stereocenters. The molecule has 9 nitrogen and oxygen atoms in total. The molecule has 0 bridgehead atoms. The number of carboxylic acid groups (broad SMARTS) is 1. The molecule has 0 fully saturated rings. The molecule has 2 aromatic carbocycles. The Morgan fingerprint density at radius 2 is 1.64 bits per heavy atom. The van der Waals surface area contributed by atoms with Crippen LogP contribution in [0.25, 0.3) is 11.1 Å². The van der Waals surface area contributed by atoms with Crippen molar-refractivity contribution in [2.24, 2.45) is 0 Å². The Kier molecular flexibility index (Phi) is 7.09. The van der Waals surface area contributed by atoms with E-state index in [-0.39, 0.29) is 27.9 Å². The summed E-state index contributed by atoms with van der Waals surface area (Å²) in [6.07, 6.45) is -1.73. The Morgan fingerprint density at radius 1 is 1.09 bits per heavy atom. The van der Waals surface area contributed by atoms with Crippen LogP contribution in [0.3, 0.4) is 0 Å². The number of nitro groups is 1. The first-order valence-electron chi connectivity index (χ1n) is 9.24. The van der Waals surface area contributed by atoms with Crippen LogP contribution in [0.4, 0.5) is 18.9 Å². The van der Waals surface area contributed by atoms with Crippen LogP contribution in [0.15, 0.2) is 36.4 Å². The van der Waals surface area contributed by atoms with E-state index in [1.54, 1.807) is 20.8 Å². The van der Waals surface area contributed by atoms with Gasteiger partial charge in [-0.1, -0.05) is 6.07 Å². The van der Waals surface area contributed by atoms with Crippen molar-refractivity contribution in [3.8, 4) is 16.9 Å². The number of hydrogen-bond acceptors (Lipinski definition) is 7. The van der Waals surface area contributed by atoms with E-state index < -0.39 is 44.0 Å². The lowest BCUT2D eigenvalue weighted by molar-refractivity contribution is -0.384. The number of benzene rings is 2. The molecule has 180 valence electrons. The van der Waals surface area contributed by atoms with Gasteiger partial charge in [0.25, 0.3) is 5.69 Å². The van der Waals surface area contributed by atoms with Crippen LogP contribution in [-0.2, 0) is 19.6 Å². The molecule has 0 aliphatic carbocycles. The van der Waals surface area contributed by atoms with Gasteiger partial charge in [0.05, 0.1) is 10.5 Å². The summed E-state index contributed by atoms with van der Waals surface area (Å²) in [5.74, 6) is -2.31. The van der Waals surface area contributed by atoms with Crippen molar-refractivity contribution in [2.45, 2.75) is 44.9 Å². The SMILES string of the molecule is Cc1ccc(OS(=O)(=O)C(F)(F)F)c(-c2ccc([N+](=O)[O-])cc2)c1C(OC(C)(C)C)C(=O)O. The van der Waals surface area contributed by atoms with Crippen molar-refractivity contribution < 1.29 is 45.3 Å². The van der Waals surface area contributed by atoms with Gasteiger partial charge >= 0.3 is 21.6 Å². The van der Waals surface area contributed by atoms with Crippen molar-refractivity contribution in [3.63, 3.8) is 0 Å². The highest BCUT2D eigenvalue weighted by Gasteiger charge is 2.49. The molecule has 13 heteroatoms. The summed E-state index contributed by atoms with van der Waals surface area (Å²) in [4.78, 5) is 22.3. The average Bonchev–Trinajstić information content (AvgIpc) is 2.65. The Labute approximate surface area is 187 Å². The summed E-state index contributed by atoms with van der Waals surface area (Å²) < 4.78 is 72.3. The number of nitro benzene ring substituents is 1. The molecule has 0 spiro atoms. The molecule has 2 aromatic rings. The lowest BCUT2D eigenvalue weighted by atomic mass is 9.91. The van der Waals surface area contributed by atoms with Gasteiger partial charge in [-0.2, -0.15) is 21.6 Å². The minimum atomic E-state index is -6.11. The summed E-state index contributed by atoms with van der Waals surface area (Å²) in [6, 6.07) is 6.47. The van der Waals surface area contributed by atoms with Crippen LogP contribution in [-0.4, -0.2) is 35.5 Å². The Bertz CT molecular complexity index is 1170. The van der Waals surface area contributed by atoms with E-state index in [1.165, 1.54) is 13.0 Å². The van der Waals surface area contributed by atoms with E-state index in [1.807, 2.05) is 0 Å². The highest BCUT2D eigenvalue weighted by Crippen LogP contribution is 2.43. The molecule has 0 aromatic heterocycles. The number of hydrogen-bond donors (Lipinski definition) is 1. The number of carboxylic acids is 1. The Balaban J connectivity index is 2.88. The van der Waals surface area contributed by atoms with Gasteiger partial charge in [-0.15, -0.1) is 0 Å². The van der Waals surface area contributed by atoms with Gasteiger partial charge in [-0.25, -0.2) is 4.79 Å². The average molecular weight is 491 g/mol. The van der Waals surface area contributed by atoms with Gasteiger partial charge in [0, 0.05) is 23.3 Å². The standard InChI is InChI=1S/C20H20F3NO8S/c1-11-5-10-14(32-33(29,30)20(21,22)23)16(12-6-8-13(9-7-12)24(27)28)15(11)17(18(25)26)31-19(2,3)4/h5-10,17H,1-4H3,(H,25,26). The van der Waals surface area contributed by atoms with Crippen molar-refractivity contribution in [2.75, 3.05) is 0 Å². The number of halogens is 3. The molecule has 0 aliphatic rings. The van der Waals surface area contributed by atoms with Gasteiger partial charge in [0.15, 0.2) is 11.9 Å². The molecule has 0 heterocycles. The summed E-state index contributed by atoms with van der Waals surface area (Å²) in [5.41, 5.74) is -7.38. The van der Waals surface area contributed by atoms with Crippen LogP contribution in [0, 0.1) is 17.0 Å². The largest absolute Gasteiger partial charge is 0.534 e. The summed E-state index contributed by atoms with van der Waals surface area (Å²) in [5, 5.41) is 20.8. The third-order valence-corrected chi connectivity index (χ3v) is 5.20. The number of aryl methyl sites for hydroxylation is 1. The van der Waals surface area contributed by atoms with Crippen LogP contribution < -0.4 is 4.18 Å². The van der Waals surface area contributed by atoms with Crippen LogP contribution in [0.5, 0.6) is 5.75 Å². The zero-order valence-electron chi connectivity index (χ0n) is 17.8. The maximum Gasteiger partial charge on any atom is 0.534 e. The number of nitrogens with zero attached hydrogens (tertiary/aromatic N) is 1. The first-order chi connectivity index (χ1) is 14.9. The number of alkyl halides is 3. The van der Waals surface area contributed by atoms with Gasteiger partial charge in [-0.05, 0) is 57.0 Å². The lowest BCUT2D eigenvalue weighted by Gasteiger charge is -2.28. The first kappa shape index (κ1) is 26.1. The molecule has 0 aliphatic heterocycles. The van der Waals surface area contributed by atoms with E-state index in [0.717, 1.165) is 30.3 Å². The predicted molar refractivity (Wildman–Crippen MR) is 110 cm³/mol. The van der Waals surface area contributed by atoms with Crippen molar-refractivity contribution in [1.29, 1.82) is 0 Å². The Morgan fingerprint density at radius 3 is 2.06 bits per heavy atom. The summed E-state index contributed by atoms with van der Waals surface area (Å²) in [6.45, 7) is 6.11. The Hall–Kier alpha value is -3.19. The van der Waals surface area contributed by atoms with Crippen molar-refractivity contribution in [3.05, 3.63) is 57.6 Å². The molecule has 33 heavy (non-hydrogen) atoms. The molecular weight excluding hydrogens is 471 g/mol. The first-order valence-corrected chi connectivity index (χ1v) is 10.6. The second kappa shape index (κ2) is 8.98. The number of carbonyl (C=O) groups is 1. The van der Waals surface area contributed by atoms with Gasteiger partial charge in [0.2, 0.25) is 0 Å². The predicted octanol–water partition coefficient (Wildman–Crippen LogP) is 4.74. The van der Waals surface area contributed by atoms with Crippen molar-refractivity contribution >= 4 is 21.8 Å². The smallest absolute Gasteiger partial charge is 0.479 e. The third-order valence-electron chi connectivity index (χ3n) is 4.23. The van der Waals surface area contributed by atoms with E-state index in [9.17, 15) is 41.6 Å². The second-order valence-electron chi connectivity index (χ2n) is 7.90. The van der Waals surface area contributed by atoms with Crippen LogP contribution in [0.1, 0.15) is 38.0 Å². The number of ether oxygens (including phenoxy) is 1. The monoisotopic (exact) mass is 491 g/mol. The summed E-state index contributed by atoms with van der Waals surface area (Å²) >= 11 is 0. The highest BCUT2D eigenvalue weighted by molar-refractivity contribution is 7.88. The number of rotatable bonds is 7. The van der Waals surface area contributed by atoms with Gasteiger partial charge in [0.1, 0.15) is 0 Å². The fourth-order valence-corrected chi connectivity index (χ4v) is 3.38. The van der Waals surface area contributed by atoms with Crippen LogP contribution in [0.2, 0.25) is 0 Å². The minimum Gasteiger partial charge on any atom is -0.479 e. The molecule has 2 rings (SSSR count). The molecule has 0 saturated heterocycles. The number of non-ortho nitro benzene ring substituents is 1. The fourth-order valence-electron chi connectivity index (χ4n) is 2.91. The fraction of sp³-hybridized carbons (Fsp3) is 0.350. The molecule has 0 amide bonds. The minimum absolute atomic E-state index is 0.0181. The summed E-state index contributed by atoms with van der Waals surface area (Å²) in [7, 11) is -6.11. The van der Waals surface area contributed by atoms with Gasteiger partial charge in [-0.3, -0.25) is 10.1 Å². The lowest BCUT2D eigenvalue weighted by Crippen LogP contribution is -2.29. The molecule has 1 unspecified atom stereocenters. The normalized spacial score (nSPS) is 13.4. The van der Waals surface area contributed by atoms with Crippen molar-refractivity contribution in [1.82, 2.24) is 0 Å². The van der Waals surface area contributed by atoms with Crippen LogP contribution >= 0.6 is 0 Å². The van der Waals surface area contributed by atoms with Gasteiger partial charge < -0.3 is 14.0 Å². The molecule has 0 radical (unpaired) electrons. The van der Waals surface area contributed by atoms with E-state index in [4.69, 9.17) is 4.74 Å². The van der Waals surface area contributed by atoms with E-state index in [2.05, 4.69) is 4.18 Å². The zero-order valence-corrected chi connectivity index (χ0v) is 18.7. The molecular formula is C20H20F3NO8S. The molecule has 0 saturated carbocycles.